The maximum absolute atomic E-state index is 12.0. The standard InChI is InChI=1S/C18H27N3O2S/c1-13(2)17(23)19-12-8-4-3-5-11-16(22)21-18-20-14-9-6-7-10-15(14)24-18/h6,9,13H,3-5,7-8,10-12H2,1-2H3,(H,19,23)(H,20,21,22). The van der Waals surface area contributed by atoms with Gasteiger partial charge in [0.15, 0.2) is 5.13 Å². The summed E-state index contributed by atoms with van der Waals surface area (Å²) in [5.41, 5.74) is 1.00. The van der Waals surface area contributed by atoms with Gasteiger partial charge >= 0.3 is 0 Å². The number of allylic oxidation sites excluding steroid dienone is 1. The number of hydrogen-bond donors (Lipinski definition) is 2. The van der Waals surface area contributed by atoms with E-state index in [1.807, 2.05) is 19.9 Å². The second-order valence-electron chi connectivity index (χ2n) is 6.43. The van der Waals surface area contributed by atoms with Gasteiger partial charge in [0.05, 0.1) is 5.69 Å². The maximum Gasteiger partial charge on any atom is 0.226 e. The lowest BCUT2D eigenvalue weighted by Crippen LogP contribution is -2.28. The molecule has 1 heterocycles. The first-order chi connectivity index (χ1) is 11.6. The van der Waals surface area contributed by atoms with E-state index in [4.69, 9.17) is 0 Å². The van der Waals surface area contributed by atoms with E-state index in [2.05, 4.69) is 21.7 Å². The van der Waals surface area contributed by atoms with Gasteiger partial charge in [-0.2, -0.15) is 0 Å². The molecule has 0 aromatic carbocycles. The number of unbranched alkanes of at least 4 members (excludes halogenated alkanes) is 3. The molecule has 132 valence electrons. The highest BCUT2D eigenvalue weighted by Gasteiger charge is 2.13. The zero-order valence-corrected chi connectivity index (χ0v) is 15.4. The Bertz CT molecular complexity index is 593. The van der Waals surface area contributed by atoms with E-state index in [9.17, 15) is 9.59 Å². The molecule has 0 saturated heterocycles. The van der Waals surface area contributed by atoms with E-state index in [0.29, 0.717) is 11.6 Å². The van der Waals surface area contributed by atoms with E-state index in [-0.39, 0.29) is 17.7 Å². The minimum Gasteiger partial charge on any atom is -0.356 e. The first-order valence-electron chi connectivity index (χ1n) is 8.80. The number of carbonyl (C=O) groups is 2. The summed E-state index contributed by atoms with van der Waals surface area (Å²) < 4.78 is 0. The molecule has 0 unspecified atom stereocenters. The van der Waals surface area contributed by atoms with Crippen molar-refractivity contribution in [2.45, 2.75) is 58.8 Å². The van der Waals surface area contributed by atoms with Crippen LogP contribution < -0.4 is 10.6 Å². The molecule has 1 aliphatic carbocycles. The summed E-state index contributed by atoms with van der Waals surface area (Å²) in [5.74, 6) is 0.189. The number of rotatable bonds is 9. The van der Waals surface area contributed by atoms with Gasteiger partial charge < -0.3 is 10.6 Å². The number of aromatic nitrogens is 1. The van der Waals surface area contributed by atoms with Gasteiger partial charge in [0.25, 0.3) is 0 Å². The monoisotopic (exact) mass is 349 g/mol. The van der Waals surface area contributed by atoms with Crippen LogP contribution in [0.3, 0.4) is 0 Å². The molecule has 0 bridgehead atoms. The molecular formula is C18H27N3O2S. The minimum atomic E-state index is 0.0400. The van der Waals surface area contributed by atoms with Gasteiger partial charge in [0, 0.05) is 23.8 Å². The number of aryl methyl sites for hydroxylation is 1. The van der Waals surface area contributed by atoms with Crippen molar-refractivity contribution in [2.24, 2.45) is 5.92 Å². The first kappa shape index (κ1) is 18.6. The molecule has 5 nitrogen and oxygen atoms in total. The van der Waals surface area contributed by atoms with Crippen LogP contribution in [0.2, 0.25) is 0 Å². The molecule has 0 aliphatic heterocycles. The summed E-state index contributed by atoms with van der Waals surface area (Å²) >= 11 is 1.58. The summed E-state index contributed by atoms with van der Waals surface area (Å²) in [6.07, 6.45) is 10.6. The average molecular weight is 350 g/mol. The van der Waals surface area contributed by atoms with Gasteiger partial charge in [0.2, 0.25) is 11.8 Å². The van der Waals surface area contributed by atoms with Crippen LogP contribution in [0.25, 0.3) is 6.08 Å². The van der Waals surface area contributed by atoms with Gasteiger partial charge in [0.1, 0.15) is 0 Å². The number of nitrogens with one attached hydrogen (secondary N) is 2. The van der Waals surface area contributed by atoms with E-state index >= 15 is 0 Å². The Morgan fingerprint density at radius 3 is 2.79 bits per heavy atom. The van der Waals surface area contributed by atoms with E-state index in [1.54, 1.807) is 11.3 Å². The fourth-order valence-electron chi connectivity index (χ4n) is 2.50. The highest BCUT2D eigenvalue weighted by molar-refractivity contribution is 7.16. The lowest BCUT2D eigenvalue weighted by Gasteiger charge is -2.07. The summed E-state index contributed by atoms with van der Waals surface area (Å²) in [4.78, 5) is 29.1. The van der Waals surface area contributed by atoms with Crippen molar-refractivity contribution in [1.29, 1.82) is 0 Å². The number of anilines is 1. The molecule has 0 atom stereocenters. The van der Waals surface area contributed by atoms with E-state index < -0.39 is 0 Å². The third-order valence-corrected chi connectivity index (χ3v) is 4.99. The van der Waals surface area contributed by atoms with Crippen LogP contribution in [0.1, 0.15) is 62.9 Å². The molecule has 0 radical (unpaired) electrons. The van der Waals surface area contributed by atoms with Crippen LogP contribution in [0.15, 0.2) is 6.08 Å². The van der Waals surface area contributed by atoms with Crippen LogP contribution in [0.4, 0.5) is 5.13 Å². The third kappa shape index (κ3) is 6.07. The highest BCUT2D eigenvalue weighted by atomic mass is 32.1. The predicted octanol–water partition coefficient (Wildman–Crippen LogP) is 3.76. The average Bonchev–Trinajstić information content (AvgIpc) is 2.95. The summed E-state index contributed by atoms with van der Waals surface area (Å²) in [5, 5.41) is 6.53. The Kier molecular flexibility index (Phi) is 7.43. The molecule has 6 heteroatoms. The van der Waals surface area contributed by atoms with Crippen molar-refractivity contribution in [3.05, 3.63) is 16.6 Å². The van der Waals surface area contributed by atoms with Gasteiger partial charge in [-0.1, -0.05) is 32.8 Å². The zero-order valence-electron chi connectivity index (χ0n) is 14.6. The Balaban J connectivity index is 1.55. The molecule has 0 saturated carbocycles. The molecule has 1 aromatic heterocycles. The molecule has 24 heavy (non-hydrogen) atoms. The van der Waals surface area contributed by atoms with Gasteiger partial charge in [-0.05, 0) is 31.8 Å². The Morgan fingerprint density at radius 1 is 1.25 bits per heavy atom. The third-order valence-electron chi connectivity index (χ3n) is 3.94. The Hall–Kier alpha value is -1.69. The predicted molar refractivity (Wildman–Crippen MR) is 99.0 cm³/mol. The van der Waals surface area contributed by atoms with Crippen molar-refractivity contribution >= 4 is 34.4 Å². The highest BCUT2D eigenvalue weighted by Crippen LogP contribution is 2.28. The molecule has 1 aliphatic rings. The lowest BCUT2D eigenvalue weighted by molar-refractivity contribution is -0.124. The van der Waals surface area contributed by atoms with Crippen LogP contribution in [0.5, 0.6) is 0 Å². The zero-order chi connectivity index (χ0) is 17.4. The quantitative estimate of drug-likeness (QED) is 0.667. The molecule has 1 aromatic rings. The van der Waals surface area contributed by atoms with Gasteiger partial charge in [-0.15, -0.1) is 11.3 Å². The van der Waals surface area contributed by atoms with Crippen molar-refractivity contribution in [2.75, 3.05) is 11.9 Å². The van der Waals surface area contributed by atoms with Crippen LogP contribution >= 0.6 is 11.3 Å². The van der Waals surface area contributed by atoms with Crippen molar-refractivity contribution in [3.8, 4) is 0 Å². The van der Waals surface area contributed by atoms with Crippen molar-refractivity contribution in [1.82, 2.24) is 10.3 Å². The lowest BCUT2D eigenvalue weighted by atomic mass is 10.1. The molecule has 0 fully saturated rings. The summed E-state index contributed by atoms with van der Waals surface area (Å²) in [7, 11) is 0. The first-order valence-corrected chi connectivity index (χ1v) is 9.61. The molecule has 2 amide bonds. The fraction of sp³-hybridized carbons (Fsp3) is 0.611. The van der Waals surface area contributed by atoms with Gasteiger partial charge in [-0.25, -0.2) is 4.98 Å². The van der Waals surface area contributed by atoms with Crippen LogP contribution in [-0.4, -0.2) is 23.3 Å². The SMILES string of the molecule is CC(C)C(=O)NCCCCCCC(=O)Nc1nc2c(s1)CCC=C2. The number of carbonyl (C=O) groups excluding carboxylic acids is 2. The van der Waals surface area contributed by atoms with Crippen molar-refractivity contribution in [3.63, 3.8) is 0 Å². The van der Waals surface area contributed by atoms with Gasteiger partial charge in [-0.3, -0.25) is 9.59 Å². The topological polar surface area (TPSA) is 71.1 Å². The minimum absolute atomic E-state index is 0.0400. The number of nitrogens with zero attached hydrogens (tertiary/aromatic N) is 1. The van der Waals surface area contributed by atoms with Crippen LogP contribution in [-0.2, 0) is 16.0 Å². The van der Waals surface area contributed by atoms with Crippen LogP contribution in [0, 0.1) is 5.92 Å². The number of amides is 2. The number of thiazole rings is 1. The number of hydrogen-bond acceptors (Lipinski definition) is 4. The maximum atomic E-state index is 12.0. The molecule has 0 spiro atoms. The second kappa shape index (κ2) is 9.57. The normalized spacial score (nSPS) is 13.0. The summed E-state index contributed by atoms with van der Waals surface area (Å²) in [6.45, 7) is 4.51. The Morgan fingerprint density at radius 2 is 2.04 bits per heavy atom. The molecule has 2 rings (SSSR count). The summed E-state index contributed by atoms with van der Waals surface area (Å²) in [6, 6.07) is 0. The molecule has 2 N–H and O–H groups in total. The smallest absolute Gasteiger partial charge is 0.226 e. The van der Waals surface area contributed by atoms with E-state index in [0.717, 1.165) is 50.8 Å². The largest absolute Gasteiger partial charge is 0.356 e. The van der Waals surface area contributed by atoms with E-state index in [1.165, 1.54) is 4.88 Å². The Labute approximate surface area is 147 Å². The number of fused-ring (bicyclic) bond motifs is 1. The molecular weight excluding hydrogens is 322 g/mol. The second-order valence-corrected chi connectivity index (χ2v) is 7.51. The fourth-order valence-corrected chi connectivity index (χ4v) is 3.48. The van der Waals surface area contributed by atoms with Crippen molar-refractivity contribution < 1.29 is 9.59 Å².